The second-order valence-corrected chi connectivity index (χ2v) is 4.86. The average molecular weight is 289 g/mol. The van der Waals surface area contributed by atoms with Crippen LogP contribution < -0.4 is 5.32 Å². The van der Waals surface area contributed by atoms with Gasteiger partial charge >= 0.3 is 5.97 Å². The van der Waals surface area contributed by atoms with Crippen LogP contribution in [0.1, 0.15) is 23.0 Å². The second-order valence-electron chi connectivity index (χ2n) is 4.86. The van der Waals surface area contributed by atoms with E-state index in [1.807, 2.05) is 0 Å². The molecule has 1 atom stereocenters. The number of hydrogen-bond acceptors (Lipinski definition) is 4. The zero-order valence-corrected chi connectivity index (χ0v) is 10.8. The monoisotopic (exact) mass is 289 g/mol. The molecule has 2 N–H and O–H groups in total. The van der Waals surface area contributed by atoms with Crippen LogP contribution in [-0.2, 0) is 4.79 Å². The van der Waals surface area contributed by atoms with Gasteiger partial charge in [-0.25, -0.2) is 0 Å². The van der Waals surface area contributed by atoms with Crippen molar-refractivity contribution in [1.29, 1.82) is 0 Å². The molecule has 0 aliphatic carbocycles. The van der Waals surface area contributed by atoms with E-state index >= 15 is 0 Å². The van der Waals surface area contributed by atoms with Gasteiger partial charge in [0.1, 0.15) is 5.69 Å². The van der Waals surface area contributed by atoms with E-state index in [1.54, 1.807) is 16.7 Å². The van der Waals surface area contributed by atoms with Gasteiger partial charge in [0.05, 0.1) is 17.4 Å². The topological polar surface area (TPSA) is 114 Å². The Morgan fingerprint density at radius 3 is 2.90 bits per heavy atom. The summed E-state index contributed by atoms with van der Waals surface area (Å²) in [6.45, 7) is 0.221. The summed E-state index contributed by atoms with van der Waals surface area (Å²) in [4.78, 5) is 33.1. The van der Waals surface area contributed by atoms with Crippen LogP contribution in [0.3, 0.4) is 0 Å². The third-order valence-electron chi connectivity index (χ3n) is 3.54. The Balaban J connectivity index is 2.19. The second kappa shape index (κ2) is 4.58. The van der Waals surface area contributed by atoms with Gasteiger partial charge in [0, 0.05) is 29.6 Å². The van der Waals surface area contributed by atoms with Crippen LogP contribution in [0, 0.1) is 10.1 Å². The average Bonchev–Trinajstić information content (AvgIpc) is 2.81. The minimum atomic E-state index is -0.967. The highest BCUT2D eigenvalue weighted by atomic mass is 16.6. The Hall–Kier alpha value is -2.90. The number of carbonyl (C=O) groups is 2. The van der Waals surface area contributed by atoms with E-state index in [0.29, 0.717) is 16.6 Å². The number of carbonyl (C=O) groups excluding carboxylic acids is 1. The maximum atomic E-state index is 11.9. The summed E-state index contributed by atoms with van der Waals surface area (Å²) in [6.07, 6.45) is -0.131. The lowest BCUT2D eigenvalue weighted by atomic mass is 10.1. The van der Waals surface area contributed by atoms with E-state index in [0.717, 1.165) is 0 Å². The standard InChI is InChI=1S/C13H11N3O5/c17-12(18)5-9-6-14-13(19)11-4-7-3-8(16(20)21)1-2-10(7)15(9)11/h1-4,9H,5-6H2,(H,14,19)(H,17,18)/t9-/m0/s1. The summed E-state index contributed by atoms with van der Waals surface area (Å²) >= 11 is 0. The molecular weight excluding hydrogens is 278 g/mol. The number of hydrogen-bond donors (Lipinski definition) is 2. The van der Waals surface area contributed by atoms with Crippen molar-refractivity contribution in [1.82, 2.24) is 9.88 Å². The molecule has 0 spiro atoms. The summed E-state index contributed by atoms with van der Waals surface area (Å²) in [5.41, 5.74) is 0.875. The lowest BCUT2D eigenvalue weighted by Crippen LogP contribution is -2.39. The van der Waals surface area contributed by atoms with E-state index in [2.05, 4.69) is 5.32 Å². The van der Waals surface area contributed by atoms with Crippen LogP contribution in [0.2, 0.25) is 0 Å². The number of rotatable bonds is 3. The van der Waals surface area contributed by atoms with E-state index < -0.39 is 16.9 Å². The third kappa shape index (κ3) is 2.10. The molecule has 3 rings (SSSR count). The predicted octanol–water partition coefficient (Wildman–Crippen LogP) is 1.31. The number of nitro groups is 1. The molecule has 8 heteroatoms. The molecule has 0 fully saturated rings. The van der Waals surface area contributed by atoms with Crippen LogP contribution >= 0.6 is 0 Å². The molecule has 2 aromatic rings. The highest BCUT2D eigenvalue weighted by Crippen LogP contribution is 2.30. The van der Waals surface area contributed by atoms with Crippen molar-refractivity contribution in [3.8, 4) is 0 Å². The molecule has 1 aliphatic heterocycles. The highest BCUT2D eigenvalue weighted by molar-refractivity contribution is 6.00. The third-order valence-corrected chi connectivity index (χ3v) is 3.54. The molecule has 0 bridgehead atoms. The van der Waals surface area contributed by atoms with Crippen molar-refractivity contribution >= 4 is 28.5 Å². The van der Waals surface area contributed by atoms with Crippen molar-refractivity contribution in [3.63, 3.8) is 0 Å². The Bertz CT molecular complexity index is 779. The molecule has 8 nitrogen and oxygen atoms in total. The Labute approximate surface area is 118 Å². The van der Waals surface area contributed by atoms with Crippen LogP contribution in [0.25, 0.3) is 10.9 Å². The normalized spacial score (nSPS) is 17.3. The van der Waals surface area contributed by atoms with E-state index in [-0.39, 0.29) is 24.6 Å². The number of nitro benzene ring substituents is 1. The van der Waals surface area contributed by atoms with Crippen molar-refractivity contribution in [2.75, 3.05) is 6.54 Å². The number of aromatic nitrogens is 1. The molecule has 21 heavy (non-hydrogen) atoms. The maximum Gasteiger partial charge on any atom is 0.305 e. The van der Waals surface area contributed by atoms with Crippen LogP contribution in [0.15, 0.2) is 24.3 Å². The lowest BCUT2D eigenvalue weighted by molar-refractivity contribution is -0.384. The summed E-state index contributed by atoms with van der Waals surface area (Å²) in [7, 11) is 0. The summed E-state index contributed by atoms with van der Waals surface area (Å²) < 4.78 is 1.64. The van der Waals surface area contributed by atoms with Crippen LogP contribution in [-0.4, -0.2) is 33.0 Å². The molecule has 1 amide bonds. The van der Waals surface area contributed by atoms with E-state index in [1.165, 1.54) is 12.1 Å². The van der Waals surface area contributed by atoms with E-state index in [4.69, 9.17) is 5.11 Å². The molecule has 0 radical (unpaired) electrons. The number of amides is 1. The molecular formula is C13H11N3O5. The van der Waals surface area contributed by atoms with Gasteiger partial charge in [0.15, 0.2) is 0 Å². The summed E-state index contributed by atoms with van der Waals surface area (Å²) in [6, 6.07) is 5.41. The number of nitrogens with one attached hydrogen (secondary N) is 1. The molecule has 1 aromatic carbocycles. The molecule has 1 aromatic heterocycles. The van der Waals surface area contributed by atoms with Crippen LogP contribution in [0.5, 0.6) is 0 Å². The smallest absolute Gasteiger partial charge is 0.305 e. The number of carboxylic acid groups (broad SMARTS) is 1. The molecule has 108 valence electrons. The summed E-state index contributed by atoms with van der Waals surface area (Å²) in [5.74, 6) is -1.28. The summed E-state index contributed by atoms with van der Waals surface area (Å²) in [5, 5.41) is 23.0. The number of benzene rings is 1. The SMILES string of the molecule is O=C(O)C[C@H]1CNC(=O)c2cc3cc([N+](=O)[O-])ccc3n21. The first-order valence-electron chi connectivity index (χ1n) is 6.27. The fourth-order valence-corrected chi connectivity index (χ4v) is 2.66. The van der Waals surface area contributed by atoms with Crippen molar-refractivity contribution in [2.24, 2.45) is 0 Å². The van der Waals surface area contributed by atoms with Gasteiger partial charge < -0.3 is 15.0 Å². The number of nitrogens with zero attached hydrogens (tertiary/aromatic N) is 2. The minimum Gasteiger partial charge on any atom is -0.481 e. The zero-order valence-electron chi connectivity index (χ0n) is 10.8. The largest absolute Gasteiger partial charge is 0.481 e. The van der Waals surface area contributed by atoms with Crippen molar-refractivity contribution in [3.05, 3.63) is 40.1 Å². The maximum absolute atomic E-state index is 11.9. The molecule has 1 aliphatic rings. The Morgan fingerprint density at radius 2 is 2.24 bits per heavy atom. The van der Waals surface area contributed by atoms with Gasteiger partial charge in [-0.05, 0) is 12.1 Å². The first-order chi connectivity index (χ1) is 9.97. The molecule has 0 saturated heterocycles. The Morgan fingerprint density at radius 1 is 1.48 bits per heavy atom. The Kier molecular flexibility index (Phi) is 2.86. The van der Waals surface area contributed by atoms with Gasteiger partial charge in [-0.1, -0.05) is 0 Å². The van der Waals surface area contributed by atoms with Gasteiger partial charge in [0.25, 0.3) is 11.6 Å². The highest BCUT2D eigenvalue weighted by Gasteiger charge is 2.29. The molecule has 2 heterocycles. The van der Waals surface area contributed by atoms with Gasteiger partial charge in [0.2, 0.25) is 0 Å². The first kappa shape index (κ1) is 13.1. The van der Waals surface area contributed by atoms with Crippen molar-refractivity contribution < 1.29 is 19.6 Å². The zero-order chi connectivity index (χ0) is 15.1. The quantitative estimate of drug-likeness (QED) is 0.653. The predicted molar refractivity (Wildman–Crippen MR) is 72.2 cm³/mol. The number of aliphatic carboxylic acids is 1. The van der Waals surface area contributed by atoms with Gasteiger partial charge in [-0.15, -0.1) is 0 Å². The number of fused-ring (bicyclic) bond motifs is 3. The fraction of sp³-hybridized carbons (Fsp3) is 0.231. The van der Waals surface area contributed by atoms with E-state index in [9.17, 15) is 19.7 Å². The van der Waals surface area contributed by atoms with Crippen LogP contribution in [0.4, 0.5) is 5.69 Å². The van der Waals surface area contributed by atoms with Gasteiger partial charge in [-0.3, -0.25) is 19.7 Å². The number of non-ortho nitro benzene ring substituents is 1. The first-order valence-corrected chi connectivity index (χ1v) is 6.27. The minimum absolute atomic E-state index is 0.0689. The molecule has 0 unspecified atom stereocenters. The van der Waals surface area contributed by atoms with Crippen molar-refractivity contribution in [2.45, 2.75) is 12.5 Å². The molecule has 0 saturated carbocycles. The fourth-order valence-electron chi connectivity index (χ4n) is 2.66. The lowest BCUT2D eigenvalue weighted by Gasteiger charge is -2.26. The van der Waals surface area contributed by atoms with Gasteiger partial charge in [-0.2, -0.15) is 0 Å². The number of carboxylic acids is 1.